The molecule has 0 radical (unpaired) electrons. The Morgan fingerprint density at radius 1 is 0.635 bits per heavy atom. The molecule has 0 aliphatic carbocycles. The molecule has 10 heteroatoms. The van der Waals surface area contributed by atoms with E-state index < -0.39 is 5.97 Å². The number of rotatable bonds is 10. The van der Waals surface area contributed by atoms with Crippen LogP contribution >= 0.6 is 0 Å². The van der Waals surface area contributed by atoms with Crippen molar-refractivity contribution >= 4 is 57.7 Å². The van der Waals surface area contributed by atoms with Crippen molar-refractivity contribution in [2.24, 2.45) is 5.73 Å². The number of carboxylic acids is 1. The fraction of sp³-hybridized carbons (Fsp3) is 0.381. The molecule has 0 amide bonds. The van der Waals surface area contributed by atoms with Gasteiger partial charge in [-0.05, 0) is 126 Å². The van der Waals surface area contributed by atoms with Gasteiger partial charge in [0.05, 0.1) is 0 Å². The van der Waals surface area contributed by atoms with Gasteiger partial charge >= 0.3 is 29.0 Å². The molecular formula is C42H59MgN7O2. The number of fused-ring (bicyclic) bond motifs is 4. The largest absolute Gasteiger partial charge is 2.00 e. The molecule has 0 unspecified atom stereocenters. The third-order valence-corrected chi connectivity index (χ3v) is 9.21. The maximum atomic E-state index is 9.92. The van der Waals surface area contributed by atoms with Gasteiger partial charge in [-0.3, -0.25) is 10.2 Å². The summed E-state index contributed by atoms with van der Waals surface area (Å²) in [5, 5.41) is 14.9. The zero-order chi connectivity index (χ0) is 36.8. The summed E-state index contributed by atoms with van der Waals surface area (Å²) in [6, 6.07) is 35.5. The summed E-state index contributed by atoms with van der Waals surface area (Å²) >= 11 is 0. The van der Waals surface area contributed by atoms with E-state index in [9.17, 15) is 4.79 Å². The van der Waals surface area contributed by atoms with Crippen molar-refractivity contribution in [1.82, 2.24) is 14.7 Å². The number of carboxylic acid groups (broad SMARTS) is 1. The van der Waals surface area contributed by atoms with Crippen LogP contribution in [0.15, 0.2) is 97.1 Å². The Kier molecular flexibility index (Phi) is 17.4. The molecule has 2 heterocycles. The second-order valence-corrected chi connectivity index (χ2v) is 13.8. The van der Waals surface area contributed by atoms with Gasteiger partial charge in [-0.1, -0.05) is 72.8 Å². The first-order valence-corrected chi connectivity index (χ1v) is 18.0. The number of carbonyl (C=O) groups is 1. The molecule has 52 heavy (non-hydrogen) atoms. The maximum absolute atomic E-state index is 9.92. The van der Waals surface area contributed by atoms with Crippen molar-refractivity contribution in [3.05, 3.63) is 119 Å². The number of aliphatic carboxylic acids is 1. The minimum atomic E-state index is -0.993. The standard InChI is InChI=1S/2C19H24N2.C4H9N3O2.Mg.2H/c2*1-20(2)14-7-15-21-18-10-5-3-8-16(18)12-13-17-9-4-6-11-19(17)21;1-7(4(5)6)2-3(8)9;;;/h2*3-6,8-11H,7,12-15H2,1-2H3;2H2,1H3,(H3,5,6)(H,8,9);;;/q;;;+2;2*-1. The molecule has 4 aromatic rings. The minimum Gasteiger partial charge on any atom is -1.00 e. The monoisotopic (exact) mass is 717 g/mol. The topological polar surface area (TPSA) is 103 Å². The molecular weight excluding hydrogens is 659 g/mol. The number of guanidine groups is 1. The van der Waals surface area contributed by atoms with E-state index in [1.165, 1.54) is 64.9 Å². The Hall–Kier alpha value is -4.09. The van der Waals surface area contributed by atoms with Crippen LogP contribution in [0.2, 0.25) is 0 Å². The first kappa shape index (κ1) is 42.3. The first-order chi connectivity index (χ1) is 24.5. The Bertz CT molecular complexity index is 1520. The summed E-state index contributed by atoms with van der Waals surface area (Å²) in [4.78, 5) is 20.6. The van der Waals surface area contributed by atoms with Crippen LogP contribution in [0.5, 0.6) is 0 Å². The van der Waals surface area contributed by atoms with Gasteiger partial charge in [0.15, 0.2) is 5.96 Å². The van der Waals surface area contributed by atoms with Crippen LogP contribution in [0.25, 0.3) is 0 Å². The average molecular weight is 718 g/mol. The van der Waals surface area contributed by atoms with Crippen LogP contribution in [0, 0.1) is 5.41 Å². The van der Waals surface area contributed by atoms with Crippen molar-refractivity contribution in [2.45, 2.75) is 38.5 Å². The number of hydrogen-bond donors (Lipinski definition) is 3. The fourth-order valence-corrected chi connectivity index (χ4v) is 6.60. The number of nitrogens with one attached hydrogen (secondary N) is 1. The molecule has 0 saturated heterocycles. The average Bonchev–Trinajstić information content (AvgIpc) is 3.37. The van der Waals surface area contributed by atoms with E-state index in [4.69, 9.17) is 16.2 Å². The van der Waals surface area contributed by atoms with Gasteiger partial charge in [0.2, 0.25) is 0 Å². The van der Waals surface area contributed by atoms with E-state index in [0.717, 1.165) is 56.8 Å². The quantitative estimate of drug-likeness (QED) is 0.0973. The fourth-order valence-electron chi connectivity index (χ4n) is 6.60. The molecule has 0 saturated carbocycles. The number of para-hydroxylation sites is 4. The molecule has 2 aliphatic rings. The van der Waals surface area contributed by atoms with Crippen molar-refractivity contribution < 1.29 is 12.8 Å². The minimum absolute atomic E-state index is 0. The van der Waals surface area contributed by atoms with E-state index in [2.05, 4.69) is 145 Å². The van der Waals surface area contributed by atoms with Crippen LogP contribution in [0.1, 0.15) is 37.9 Å². The number of hydrogen-bond acceptors (Lipinski definition) is 6. The Balaban J connectivity index is 0.000000424. The van der Waals surface area contributed by atoms with Crippen molar-refractivity contribution in [3.8, 4) is 0 Å². The maximum Gasteiger partial charge on any atom is 2.00 e. The molecule has 276 valence electrons. The summed E-state index contributed by atoms with van der Waals surface area (Å²) in [6.07, 6.45) is 6.90. The Labute approximate surface area is 330 Å². The number of anilines is 4. The second kappa shape index (κ2) is 21.4. The van der Waals surface area contributed by atoms with Crippen LogP contribution in [-0.2, 0) is 30.5 Å². The van der Waals surface area contributed by atoms with E-state index in [1.807, 2.05) is 0 Å². The summed E-state index contributed by atoms with van der Waals surface area (Å²) in [6.45, 7) is 4.18. The molecule has 6 rings (SSSR count). The van der Waals surface area contributed by atoms with Gasteiger partial charge in [-0.15, -0.1) is 0 Å². The smallest absolute Gasteiger partial charge is 1.00 e. The van der Waals surface area contributed by atoms with Crippen LogP contribution in [-0.4, -0.2) is 123 Å². The van der Waals surface area contributed by atoms with Crippen molar-refractivity contribution in [2.75, 3.05) is 77.8 Å². The first-order valence-electron chi connectivity index (χ1n) is 18.0. The predicted octanol–water partition coefficient (Wildman–Crippen LogP) is 6.49. The molecule has 2 aliphatic heterocycles. The molecule has 9 nitrogen and oxygen atoms in total. The molecule has 0 aromatic heterocycles. The summed E-state index contributed by atoms with van der Waals surface area (Å²) in [7, 11) is 10.0. The van der Waals surface area contributed by atoms with Crippen molar-refractivity contribution in [3.63, 3.8) is 0 Å². The SMILES string of the molecule is CN(C)CCCN1c2ccccc2CCc2ccccc21.CN(C)CCCN1c2ccccc2CCc2ccccc21.CN(CC(=O)O)C(=N)N.[H-].[H-].[Mg+2]. The number of nitrogens with two attached hydrogens (primary N) is 1. The molecule has 0 bridgehead atoms. The molecule has 4 aromatic carbocycles. The zero-order valence-electron chi connectivity index (χ0n) is 33.9. The van der Waals surface area contributed by atoms with Gasteiger partial charge in [0.1, 0.15) is 6.54 Å². The molecule has 0 spiro atoms. The number of benzene rings is 4. The molecule has 0 atom stereocenters. The van der Waals surface area contributed by atoms with E-state index >= 15 is 0 Å². The molecule has 4 N–H and O–H groups in total. The number of likely N-dealkylation sites (N-methyl/N-ethyl adjacent to an activating group) is 1. The second-order valence-electron chi connectivity index (χ2n) is 13.8. The zero-order valence-corrected chi connectivity index (χ0v) is 33.3. The van der Waals surface area contributed by atoms with E-state index in [1.54, 1.807) is 0 Å². The Morgan fingerprint density at radius 3 is 1.15 bits per heavy atom. The van der Waals surface area contributed by atoms with E-state index in [0.29, 0.717) is 0 Å². The van der Waals surface area contributed by atoms with E-state index in [-0.39, 0.29) is 38.4 Å². The van der Waals surface area contributed by atoms with Crippen LogP contribution in [0.4, 0.5) is 22.7 Å². The summed E-state index contributed by atoms with van der Waals surface area (Å²) in [5.74, 6) is -1.23. The van der Waals surface area contributed by atoms with Gasteiger partial charge in [0, 0.05) is 42.9 Å². The van der Waals surface area contributed by atoms with Gasteiger partial charge < -0.3 is 38.2 Å². The van der Waals surface area contributed by atoms with Crippen molar-refractivity contribution in [1.29, 1.82) is 5.41 Å². The van der Waals surface area contributed by atoms with Gasteiger partial charge in [-0.25, -0.2) is 0 Å². The predicted molar refractivity (Wildman–Crippen MR) is 221 cm³/mol. The molecule has 0 fully saturated rings. The number of nitrogens with zero attached hydrogens (tertiary/aromatic N) is 5. The van der Waals surface area contributed by atoms with Crippen LogP contribution in [0.3, 0.4) is 0 Å². The third-order valence-electron chi connectivity index (χ3n) is 9.21. The number of aryl methyl sites for hydroxylation is 4. The van der Waals surface area contributed by atoms with Gasteiger partial charge in [0.25, 0.3) is 0 Å². The summed E-state index contributed by atoms with van der Waals surface area (Å²) in [5.41, 5.74) is 16.4. The summed E-state index contributed by atoms with van der Waals surface area (Å²) < 4.78 is 0. The Morgan fingerprint density at radius 2 is 0.923 bits per heavy atom. The normalized spacial score (nSPS) is 12.6. The van der Waals surface area contributed by atoms with Gasteiger partial charge in [-0.2, -0.15) is 0 Å². The van der Waals surface area contributed by atoms with Crippen LogP contribution < -0.4 is 15.5 Å². The third kappa shape index (κ3) is 12.5.